The van der Waals surface area contributed by atoms with Crippen LogP contribution in [0.5, 0.6) is 0 Å². The van der Waals surface area contributed by atoms with E-state index >= 15 is 0 Å². The molecule has 0 radical (unpaired) electrons. The van der Waals surface area contributed by atoms with Gasteiger partial charge in [-0.3, -0.25) is 14.9 Å². The lowest BCUT2D eigenvalue weighted by atomic mass is 10.1. The molecule has 0 aliphatic rings. The minimum atomic E-state index is -0.814. The molecule has 30 heavy (non-hydrogen) atoms. The number of nitro groups is 1. The van der Waals surface area contributed by atoms with E-state index in [1.54, 1.807) is 18.2 Å². The van der Waals surface area contributed by atoms with E-state index in [0.29, 0.717) is 11.3 Å². The zero-order valence-electron chi connectivity index (χ0n) is 16.1. The molecule has 0 unspecified atom stereocenters. The molecule has 0 aliphatic heterocycles. The Morgan fingerprint density at radius 2 is 2.03 bits per heavy atom. The topological polar surface area (TPSA) is 113 Å². The van der Waals surface area contributed by atoms with Gasteiger partial charge in [0.05, 0.1) is 34.0 Å². The SMILES string of the molecule is Cc1cc(C=NNC(=O)c2ccc(C#N)cc2F)c(C)n1-c1cccc([N+](=O)[O-])c1. The first kappa shape index (κ1) is 20.4. The summed E-state index contributed by atoms with van der Waals surface area (Å²) >= 11 is 0. The van der Waals surface area contributed by atoms with Crippen molar-refractivity contribution in [1.29, 1.82) is 5.26 Å². The zero-order valence-corrected chi connectivity index (χ0v) is 16.1. The van der Waals surface area contributed by atoms with Gasteiger partial charge in [-0.25, -0.2) is 9.82 Å². The lowest BCUT2D eigenvalue weighted by Gasteiger charge is -2.09. The molecule has 2 aromatic carbocycles. The van der Waals surface area contributed by atoms with Crippen molar-refractivity contribution in [2.24, 2.45) is 5.10 Å². The van der Waals surface area contributed by atoms with Gasteiger partial charge >= 0.3 is 0 Å². The Balaban J connectivity index is 1.81. The zero-order chi connectivity index (χ0) is 21.8. The van der Waals surface area contributed by atoms with Gasteiger partial charge in [0.1, 0.15) is 5.82 Å². The van der Waals surface area contributed by atoms with E-state index in [4.69, 9.17) is 5.26 Å². The third-order valence-electron chi connectivity index (χ3n) is 4.48. The predicted molar refractivity (Wildman–Crippen MR) is 108 cm³/mol. The van der Waals surface area contributed by atoms with Crippen LogP contribution in [0.25, 0.3) is 5.69 Å². The number of nitrogens with one attached hydrogen (secondary N) is 1. The van der Waals surface area contributed by atoms with Gasteiger partial charge in [-0.1, -0.05) is 6.07 Å². The summed E-state index contributed by atoms with van der Waals surface area (Å²) in [5.74, 6) is -1.56. The second kappa shape index (κ2) is 8.36. The predicted octanol–water partition coefficient (Wildman–Crippen LogP) is 3.78. The molecule has 0 fully saturated rings. The molecule has 1 amide bonds. The van der Waals surface area contributed by atoms with Gasteiger partial charge in [0.15, 0.2) is 0 Å². The fourth-order valence-electron chi connectivity index (χ4n) is 3.05. The summed E-state index contributed by atoms with van der Waals surface area (Å²) < 4.78 is 15.7. The van der Waals surface area contributed by atoms with Crippen LogP contribution in [0.4, 0.5) is 10.1 Å². The number of benzene rings is 2. The number of hydrazone groups is 1. The minimum Gasteiger partial charge on any atom is -0.318 e. The normalized spacial score (nSPS) is 10.7. The lowest BCUT2D eigenvalue weighted by molar-refractivity contribution is -0.384. The smallest absolute Gasteiger partial charge is 0.274 e. The van der Waals surface area contributed by atoms with E-state index in [-0.39, 0.29) is 16.8 Å². The van der Waals surface area contributed by atoms with Gasteiger partial charge in [-0.2, -0.15) is 10.4 Å². The summed E-state index contributed by atoms with van der Waals surface area (Å²) in [5, 5.41) is 23.7. The number of nitrogens with zero attached hydrogens (tertiary/aromatic N) is 4. The highest BCUT2D eigenvalue weighted by molar-refractivity contribution is 5.95. The van der Waals surface area contributed by atoms with Gasteiger partial charge in [0.2, 0.25) is 0 Å². The van der Waals surface area contributed by atoms with Gasteiger partial charge in [0, 0.05) is 29.1 Å². The molecule has 1 heterocycles. The molecule has 1 N–H and O–H groups in total. The van der Waals surface area contributed by atoms with Crippen molar-refractivity contribution in [2.45, 2.75) is 13.8 Å². The summed E-state index contributed by atoms with van der Waals surface area (Å²) in [6.07, 6.45) is 1.41. The van der Waals surface area contributed by atoms with Crippen LogP contribution in [0.3, 0.4) is 0 Å². The highest BCUT2D eigenvalue weighted by atomic mass is 19.1. The Kier molecular flexibility index (Phi) is 5.69. The molecule has 0 spiro atoms. The molecule has 1 aromatic heterocycles. The van der Waals surface area contributed by atoms with Crippen molar-refractivity contribution in [3.8, 4) is 11.8 Å². The Labute approximate surface area is 171 Å². The van der Waals surface area contributed by atoms with Gasteiger partial charge < -0.3 is 4.57 Å². The number of aromatic nitrogens is 1. The van der Waals surface area contributed by atoms with Gasteiger partial charge in [-0.15, -0.1) is 0 Å². The van der Waals surface area contributed by atoms with E-state index in [2.05, 4.69) is 10.5 Å². The number of nitro benzene ring substituents is 1. The van der Waals surface area contributed by atoms with E-state index in [9.17, 15) is 19.3 Å². The summed E-state index contributed by atoms with van der Waals surface area (Å²) in [4.78, 5) is 22.7. The molecule has 8 nitrogen and oxygen atoms in total. The van der Waals surface area contributed by atoms with Gasteiger partial charge in [-0.05, 0) is 44.2 Å². The monoisotopic (exact) mass is 405 g/mol. The van der Waals surface area contributed by atoms with Crippen LogP contribution in [-0.4, -0.2) is 21.6 Å². The van der Waals surface area contributed by atoms with Crippen LogP contribution < -0.4 is 5.43 Å². The summed E-state index contributed by atoms with van der Waals surface area (Å²) in [7, 11) is 0. The van der Waals surface area contributed by atoms with Crippen LogP contribution >= 0.6 is 0 Å². The summed E-state index contributed by atoms with van der Waals surface area (Å²) in [5.41, 5.74) is 5.00. The van der Waals surface area contributed by atoms with Crippen molar-refractivity contribution in [1.82, 2.24) is 9.99 Å². The first-order valence-corrected chi connectivity index (χ1v) is 8.78. The standard InChI is InChI=1S/C21H16FN5O3/c1-13-8-16(14(2)26(13)17-4-3-5-18(10-17)27(29)30)12-24-25-21(28)19-7-6-15(11-23)9-20(19)22/h3-10,12H,1-2H3,(H,25,28). The Bertz CT molecular complexity index is 1220. The van der Waals surface area contributed by atoms with E-state index in [1.807, 2.05) is 24.5 Å². The van der Waals surface area contributed by atoms with Crippen molar-refractivity contribution in [2.75, 3.05) is 0 Å². The number of halogens is 1. The average Bonchev–Trinajstić information content (AvgIpc) is 3.00. The van der Waals surface area contributed by atoms with Crippen LogP contribution in [-0.2, 0) is 0 Å². The lowest BCUT2D eigenvalue weighted by Crippen LogP contribution is -2.19. The number of non-ortho nitro benzene ring substituents is 1. The van der Waals surface area contributed by atoms with Crippen molar-refractivity contribution in [3.05, 3.63) is 92.5 Å². The molecule has 0 atom stereocenters. The maximum atomic E-state index is 13.9. The largest absolute Gasteiger partial charge is 0.318 e. The average molecular weight is 405 g/mol. The fourth-order valence-corrected chi connectivity index (χ4v) is 3.05. The van der Waals surface area contributed by atoms with Crippen LogP contribution in [0.15, 0.2) is 53.6 Å². The number of hydrogen-bond acceptors (Lipinski definition) is 5. The molecule has 0 bridgehead atoms. The number of amides is 1. The van der Waals surface area contributed by atoms with E-state index < -0.39 is 16.6 Å². The fraction of sp³-hybridized carbons (Fsp3) is 0.0952. The highest BCUT2D eigenvalue weighted by Gasteiger charge is 2.14. The van der Waals surface area contributed by atoms with E-state index in [0.717, 1.165) is 17.5 Å². The number of rotatable bonds is 5. The van der Waals surface area contributed by atoms with Crippen LogP contribution in [0, 0.1) is 41.1 Å². The highest BCUT2D eigenvalue weighted by Crippen LogP contribution is 2.23. The maximum absolute atomic E-state index is 13.9. The molecular weight excluding hydrogens is 389 g/mol. The second-order valence-electron chi connectivity index (χ2n) is 6.44. The van der Waals surface area contributed by atoms with Crippen LogP contribution in [0.2, 0.25) is 0 Å². The molecule has 3 aromatic rings. The molecule has 0 saturated heterocycles. The Hall–Kier alpha value is -4.32. The third-order valence-corrected chi connectivity index (χ3v) is 4.48. The quantitative estimate of drug-likeness (QED) is 0.395. The molecular formula is C21H16FN5O3. The molecule has 0 aliphatic carbocycles. The van der Waals surface area contributed by atoms with E-state index in [1.165, 1.54) is 30.5 Å². The minimum absolute atomic E-state index is 0.0214. The molecule has 3 rings (SSSR count). The maximum Gasteiger partial charge on any atom is 0.274 e. The Morgan fingerprint density at radius 3 is 2.70 bits per heavy atom. The first-order chi connectivity index (χ1) is 14.3. The van der Waals surface area contributed by atoms with Crippen LogP contribution in [0.1, 0.15) is 32.9 Å². The summed E-state index contributed by atoms with van der Waals surface area (Å²) in [6.45, 7) is 3.66. The first-order valence-electron chi connectivity index (χ1n) is 8.78. The number of aryl methyl sites for hydroxylation is 1. The third kappa shape index (κ3) is 4.07. The number of nitriles is 1. The molecule has 150 valence electrons. The number of carbonyl (C=O) groups is 1. The Morgan fingerprint density at radius 1 is 1.27 bits per heavy atom. The number of carbonyl (C=O) groups excluding carboxylic acids is 1. The molecule has 0 saturated carbocycles. The second-order valence-corrected chi connectivity index (χ2v) is 6.44. The van der Waals surface area contributed by atoms with Crippen molar-refractivity contribution in [3.63, 3.8) is 0 Å². The van der Waals surface area contributed by atoms with Crippen molar-refractivity contribution < 1.29 is 14.1 Å². The number of hydrogen-bond donors (Lipinski definition) is 1. The van der Waals surface area contributed by atoms with Gasteiger partial charge in [0.25, 0.3) is 11.6 Å². The molecule has 9 heteroatoms. The summed E-state index contributed by atoms with van der Waals surface area (Å²) in [6, 6.07) is 13.4. The van der Waals surface area contributed by atoms with Crippen molar-refractivity contribution >= 4 is 17.8 Å².